The number of amides is 1. The SMILES string of the molecule is CCC(C)NC(=O)c1nn(-c2ccccc2F)c(=O)n(Cc2ccc(C)cc2)c1=O. The second-order valence-electron chi connectivity index (χ2n) is 7.15. The average Bonchev–Trinajstić information content (AvgIpc) is 2.73. The number of hydrogen-bond acceptors (Lipinski definition) is 4. The largest absolute Gasteiger partial charge is 0.352 e. The van der Waals surface area contributed by atoms with E-state index in [0.29, 0.717) is 12.0 Å². The van der Waals surface area contributed by atoms with Gasteiger partial charge in [-0.25, -0.2) is 9.18 Å². The van der Waals surface area contributed by atoms with Crippen molar-refractivity contribution in [3.8, 4) is 5.69 Å². The highest BCUT2D eigenvalue weighted by Crippen LogP contribution is 2.09. The highest BCUT2D eigenvalue weighted by molar-refractivity contribution is 5.91. The number of aryl methyl sites for hydroxylation is 1. The Bertz CT molecular complexity index is 1180. The van der Waals surface area contributed by atoms with Crippen LogP contribution in [0.4, 0.5) is 4.39 Å². The molecule has 7 nitrogen and oxygen atoms in total. The molecule has 0 aliphatic carbocycles. The zero-order valence-electron chi connectivity index (χ0n) is 17.1. The van der Waals surface area contributed by atoms with Crippen molar-refractivity contribution in [3.63, 3.8) is 0 Å². The number of rotatable bonds is 6. The molecule has 1 aromatic heterocycles. The summed E-state index contributed by atoms with van der Waals surface area (Å²) in [5, 5.41) is 6.60. The summed E-state index contributed by atoms with van der Waals surface area (Å²) in [5.41, 5.74) is -0.541. The third-order valence-electron chi connectivity index (χ3n) is 4.81. The minimum atomic E-state index is -0.828. The predicted octanol–water partition coefficient (Wildman–Crippen LogP) is 2.42. The molecule has 0 bridgehead atoms. The summed E-state index contributed by atoms with van der Waals surface area (Å²) in [7, 11) is 0. The van der Waals surface area contributed by atoms with Gasteiger partial charge >= 0.3 is 5.69 Å². The molecule has 0 aliphatic rings. The van der Waals surface area contributed by atoms with E-state index in [1.165, 1.54) is 18.2 Å². The number of halogens is 1. The summed E-state index contributed by atoms with van der Waals surface area (Å²) >= 11 is 0. The third kappa shape index (κ3) is 4.37. The van der Waals surface area contributed by atoms with Crippen LogP contribution in [0.2, 0.25) is 0 Å². The van der Waals surface area contributed by atoms with Crippen LogP contribution in [0.25, 0.3) is 5.69 Å². The molecule has 1 unspecified atom stereocenters. The van der Waals surface area contributed by atoms with E-state index in [2.05, 4.69) is 10.4 Å². The summed E-state index contributed by atoms with van der Waals surface area (Å²) in [4.78, 5) is 38.7. The molecule has 0 saturated carbocycles. The van der Waals surface area contributed by atoms with Crippen LogP contribution in [0, 0.1) is 12.7 Å². The molecule has 3 rings (SSSR count). The van der Waals surface area contributed by atoms with Crippen LogP contribution in [0.5, 0.6) is 0 Å². The maximum absolute atomic E-state index is 14.4. The van der Waals surface area contributed by atoms with Gasteiger partial charge in [0.2, 0.25) is 5.69 Å². The van der Waals surface area contributed by atoms with Crippen molar-refractivity contribution < 1.29 is 9.18 Å². The lowest BCUT2D eigenvalue weighted by molar-refractivity contribution is 0.0929. The van der Waals surface area contributed by atoms with E-state index < -0.39 is 28.7 Å². The minimum absolute atomic E-state index is 0.0709. The molecular formula is C22H23FN4O3. The summed E-state index contributed by atoms with van der Waals surface area (Å²) in [6.45, 7) is 5.52. The van der Waals surface area contributed by atoms with Crippen LogP contribution in [0.3, 0.4) is 0 Å². The number of nitrogens with zero attached hydrogens (tertiary/aromatic N) is 3. The van der Waals surface area contributed by atoms with Crippen molar-refractivity contribution >= 4 is 5.91 Å². The first kappa shape index (κ1) is 21.2. The second-order valence-corrected chi connectivity index (χ2v) is 7.15. The van der Waals surface area contributed by atoms with Crippen LogP contribution < -0.4 is 16.6 Å². The number of carbonyl (C=O) groups is 1. The first-order valence-electron chi connectivity index (χ1n) is 9.67. The topological polar surface area (TPSA) is 86.0 Å². The Labute approximate surface area is 172 Å². The fourth-order valence-corrected chi connectivity index (χ4v) is 2.85. The van der Waals surface area contributed by atoms with Crippen LogP contribution >= 0.6 is 0 Å². The van der Waals surface area contributed by atoms with Gasteiger partial charge in [0.05, 0.1) is 6.54 Å². The standard InChI is InChI=1S/C22H23FN4O3/c1-4-15(3)24-20(28)19-21(29)26(13-16-11-9-14(2)10-12-16)22(30)27(25-19)18-8-6-5-7-17(18)23/h5-12,15H,4,13H2,1-3H3,(H,24,28). The fraction of sp³-hybridized carbons (Fsp3) is 0.273. The van der Waals surface area contributed by atoms with Gasteiger partial charge in [-0.05, 0) is 38.0 Å². The summed E-state index contributed by atoms with van der Waals surface area (Å²) in [6, 6.07) is 12.6. The number of para-hydroxylation sites is 1. The third-order valence-corrected chi connectivity index (χ3v) is 4.81. The molecule has 0 spiro atoms. The van der Waals surface area contributed by atoms with E-state index in [-0.39, 0.29) is 18.3 Å². The lowest BCUT2D eigenvalue weighted by atomic mass is 10.1. The summed E-state index contributed by atoms with van der Waals surface area (Å²) in [5.74, 6) is -1.40. The van der Waals surface area contributed by atoms with Gasteiger partial charge in [0.15, 0.2) is 0 Å². The summed E-state index contributed by atoms with van der Waals surface area (Å²) < 4.78 is 16.0. The van der Waals surface area contributed by atoms with E-state index in [9.17, 15) is 18.8 Å². The molecule has 0 aliphatic heterocycles. The zero-order valence-corrected chi connectivity index (χ0v) is 17.1. The van der Waals surface area contributed by atoms with Gasteiger partial charge in [-0.2, -0.15) is 9.78 Å². The van der Waals surface area contributed by atoms with E-state index in [1.807, 2.05) is 26.0 Å². The molecule has 1 amide bonds. The van der Waals surface area contributed by atoms with Crippen LogP contribution in [-0.4, -0.2) is 26.3 Å². The van der Waals surface area contributed by atoms with Gasteiger partial charge in [-0.3, -0.25) is 14.2 Å². The minimum Gasteiger partial charge on any atom is -0.348 e. The monoisotopic (exact) mass is 410 g/mol. The molecule has 0 fully saturated rings. The Morgan fingerprint density at radius 3 is 2.43 bits per heavy atom. The normalized spacial score (nSPS) is 11.9. The maximum Gasteiger partial charge on any atom is 0.352 e. The predicted molar refractivity (Wildman–Crippen MR) is 112 cm³/mol. The Morgan fingerprint density at radius 1 is 1.13 bits per heavy atom. The lowest BCUT2D eigenvalue weighted by Gasteiger charge is -2.14. The molecular weight excluding hydrogens is 387 g/mol. The lowest BCUT2D eigenvalue weighted by Crippen LogP contribution is -2.47. The van der Waals surface area contributed by atoms with Crippen molar-refractivity contribution in [1.82, 2.24) is 19.7 Å². The van der Waals surface area contributed by atoms with Crippen molar-refractivity contribution in [2.75, 3.05) is 0 Å². The van der Waals surface area contributed by atoms with Crippen molar-refractivity contribution in [2.45, 2.75) is 39.8 Å². The molecule has 0 saturated heterocycles. The summed E-state index contributed by atoms with van der Waals surface area (Å²) in [6.07, 6.45) is 0.649. The van der Waals surface area contributed by atoms with Gasteiger partial charge in [-0.1, -0.05) is 48.9 Å². The van der Waals surface area contributed by atoms with Crippen molar-refractivity contribution in [2.24, 2.45) is 0 Å². The van der Waals surface area contributed by atoms with Crippen LogP contribution in [0.15, 0.2) is 58.1 Å². The number of benzene rings is 2. The van der Waals surface area contributed by atoms with E-state index in [4.69, 9.17) is 0 Å². The Kier molecular flexibility index (Phi) is 6.25. The first-order valence-corrected chi connectivity index (χ1v) is 9.67. The average molecular weight is 410 g/mol. The highest BCUT2D eigenvalue weighted by atomic mass is 19.1. The molecule has 30 heavy (non-hydrogen) atoms. The van der Waals surface area contributed by atoms with Crippen molar-refractivity contribution in [1.29, 1.82) is 0 Å². The van der Waals surface area contributed by atoms with Gasteiger partial charge in [-0.15, -0.1) is 0 Å². The van der Waals surface area contributed by atoms with Gasteiger partial charge in [0.1, 0.15) is 11.5 Å². The number of nitrogens with one attached hydrogen (secondary N) is 1. The molecule has 1 heterocycles. The van der Waals surface area contributed by atoms with E-state index in [1.54, 1.807) is 25.1 Å². The molecule has 8 heteroatoms. The zero-order chi connectivity index (χ0) is 21.8. The Balaban J connectivity index is 2.20. The molecule has 2 aromatic carbocycles. The Morgan fingerprint density at radius 2 is 1.80 bits per heavy atom. The number of aromatic nitrogens is 3. The smallest absolute Gasteiger partial charge is 0.348 e. The molecule has 3 aromatic rings. The number of hydrogen-bond donors (Lipinski definition) is 1. The van der Waals surface area contributed by atoms with Gasteiger partial charge < -0.3 is 5.32 Å². The molecule has 156 valence electrons. The van der Waals surface area contributed by atoms with Gasteiger partial charge in [0, 0.05) is 6.04 Å². The second kappa shape index (κ2) is 8.86. The van der Waals surface area contributed by atoms with Crippen molar-refractivity contribution in [3.05, 3.63) is 92.0 Å². The quantitative estimate of drug-likeness (QED) is 0.676. The maximum atomic E-state index is 14.4. The Hall–Kier alpha value is -3.55. The molecule has 1 N–H and O–H groups in total. The van der Waals surface area contributed by atoms with Crippen LogP contribution in [0.1, 0.15) is 41.9 Å². The molecule has 0 radical (unpaired) electrons. The van der Waals surface area contributed by atoms with E-state index in [0.717, 1.165) is 14.8 Å². The highest BCUT2D eigenvalue weighted by Gasteiger charge is 2.22. The fourth-order valence-electron chi connectivity index (χ4n) is 2.85. The van der Waals surface area contributed by atoms with Gasteiger partial charge in [0.25, 0.3) is 11.5 Å². The van der Waals surface area contributed by atoms with Crippen LogP contribution in [-0.2, 0) is 6.54 Å². The van der Waals surface area contributed by atoms with E-state index >= 15 is 0 Å². The first-order chi connectivity index (χ1) is 14.3. The number of carbonyl (C=O) groups excluding carboxylic acids is 1. The molecule has 1 atom stereocenters.